The van der Waals surface area contributed by atoms with Gasteiger partial charge in [-0.25, -0.2) is 8.42 Å². The topological polar surface area (TPSA) is 92.3 Å². The van der Waals surface area contributed by atoms with Crippen LogP contribution in [-0.2, 0) is 14.8 Å². The lowest BCUT2D eigenvalue weighted by molar-refractivity contribution is -0.114. The summed E-state index contributed by atoms with van der Waals surface area (Å²) in [5.74, 6) is -0.516. The number of nitrogens with zero attached hydrogens (tertiary/aromatic N) is 3. The molecule has 0 saturated carbocycles. The van der Waals surface area contributed by atoms with Gasteiger partial charge in [0.05, 0.1) is 10.6 Å². The first-order chi connectivity index (χ1) is 14.7. The molecule has 11 heteroatoms. The van der Waals surface area contributed by atoms with Crippen molar-refractivity contribution in [2.45, 2.75) is 35.3 Å². The fraction of sp³-hybridized carbons (Fsp3) is 0.250. The maximum absolute atomic E-state index is 13.4. The van der Waals surface area contributed by atoms with Gasteiger partial charge in [0.2, 0.25) is 11.0 Å². The third-order valence-electron chi connectivity index (χ3n) is 4.06. The average Bonchev–Trinajstić information content (AvgIpc) is 3.13. The zero-order chi connectivity index (χ0) is 22.6. The van der Waals surface area contributed by atoms with E-state index >= 15 is 0 Å². The predicted octanol–water partition coefficient (Wildman–Crippen LogP) is 4.83. The molecule has 0 saturated heterocycles. The van der Waals surface area contributed by atoms with Gasteiger partial charge in [-0.2, -0.15) is 0 Å². The van der Waals surface area contributed by atoms with Gasteiger partial charge in [0.15, 0.2) is 4.34 Å². The minimum atomic E-state index is -4.01. The molecule has 0 atom stereocenters. The van der Waals surface area contributed by atoms with E-state index in [1.807, 2.05) is 13.8 Å². The Hall–Kier alpha value is -2.14. The number of nitrogens with one attached hydrogen (secondary N) is 1. The van der Waals surface area contributed by atoms with Gasteiger partial charge in [0.25, 0.3) is 10.0 Å². The summed E-state index contributed by atoms with van der Waals surface area (Å²) in [6, 6.07) is 12.8. The maximum Gasteiger partial charge on any atom is 0.264 e. The predicted molar refractivity (Wildman–Crippen MR) is 127 cm³/mol. The van der Waals surface area contributed by atoms with Crippen molar-refractivity contribution in [3.63, 3.8) is 0 Å². The first kappa shape index (κ1) is 23.5. The molecule has 0 fully saturated rings. The van der Waals surface area contributed by atoms with Crippen LogP contribution in [0.15, 0.2) is 57.8 Å². The van der Waals surface area contributed by atoms with E-state index < -0.39 is 22.5 Å². The van der Waals surface area contributed by atoms with Crippen LogP contribution >= 0.6 is 34.7 Å². The molecule has 1 aromatic heterocycles. The van der Waals surface area contributed by atoms with Crippen LogP contribution in [0.1, 0.15) is 19.4 Å². The summed E-state index contributed by atoms with van der Waals surface area (Å²) in [5.41, 5.74) is 1.14. The Morgan fingerprint density at radius 3 is 2.48 bits per heavy atom. The second-order valence-electron chi connectivity index (χ2n) is 6.84. The molecule has 1 amide bonds. The number of halogens is 1. The molecule has 31 heavy (non-hydrogen) atoms. The van der Waals surface area contributed by atoms with Crippen LogP contribution in [0.5, 0.6) is 0 Å². The van der Waals surface area contributed by atoms with Crippen LogP contribution < -0.4 is 9.62 Å². The Labute approximate surface area is 194 Å². The van der Waals surface area contributed by atoms with Crippen LogP contribution in [0.2, 0.25) is 5.02 Å². The molecular weight excluding hydrogens is 476 g/mol. The molecule has 0 bridgehead atoms. The monoisotopic (exact) mass is 496 g/mol. The summed E-state index contributed by atoms with van der Waals surface area (Å²) in [6.45, 7) is 5.44. The third-order valence-corrected chi connectivity index (χ3v) is 8.01. The van der Waals surface area contributed by atoms with Crippen LogP contribution in [0.4, 0.5) is 10.8 Å². The standard InChI is InChI=1S/C20H21ClN4O3S3/c1-13(2)29-20-24-23-19(30-20)22-18(26)12-25(17-7-5-4-6-14(17)3)31(27,28)16-10-8-15(21)9-11-16/h4-11,13H,12H2,1-3H3,(H,22,23,26). The molecule has 0 radical (unpaired) electrons. The SMILES string of the molecule is Cc1ccccc1N(CC(=O)Nc1nnc(SC(C)C)s1)S(=O)(=O)c1ccc(Cl)cc1. The second-order valence-corrected chi connectivity index (χ2v) is 11.9. The minimum absolute atomic E-state index is 0.0412. The number of hydrogen-bond donors (Lipinski definition) is 1. The van der Waals surface area contributed by atoms with Gasteiger partial charge in [-0.1, -0.05) is 66.7 Å². The highest BCUT2D eigenvalue weighted by Gasteiger charge is 2.28. The van der Waals surface area contributed by atoms with E-state index in [1.165, 1.54) is 47.4 Å². The first-order valence-corrected chi connectivity index (χ1v) is 12.8. The lowest BCUT2D eigenvalue weighted by Crippen LogP contribution is -2.38. The number of anilines is 2. The van der Waals surface area contributed by atoms with Crippen molar-refractivity contribution in [1.82, 2.24) is 10.2 Å². The number of thioether (sulfide) groups is 1. The Morgan fingerprint density at radius 2 is 1.84 bits per heavy atom. The summed E-state index contributed by atoms with van der Waals surface area (Å²) in [4.78, 5) is 12.8. The largest absolute Gasteiger partial charge is 0.299 e. The number of amides is 1. The number of aromatic nitrogens is 2. The Morgan fingerprint density at radius 1 is 1.16 bits per heavy atom. The van der Waals surface area contributed by atoms with Crippen LogP contribution in [0.3, 0.4) is 0 Å². The van der Waals surface area contributed by atoms with Crippen molar-refractivity contribution in [2.24, 2.45) is 0 Å². The normalized spacial score (nSPS) is 11.5. The Kier molecular flexibility index (Phi) is 7.58. The number of aryl methyl sites for hydroxylation is 1. The van der Waals surface area contributed by atoms with Crippen LogP contribution in [0, 0.1) is 6.92 Å². The second kappa shape index (κ2) is 9.99. The molecule has 3 rings (SSSR count). The summed E-state index contributed by atoms with van der Waals surface area (Å²) in [7, 11) is -4.01. The van der Waals surface area contributed by atoms with E-state index in [1.54, 1.807) is 31.2 Å². The summed E-state index contributed by atoms with van der Waals surface area (Å²) < 4.78 is 28.6. The third kappa shape index (κ3) is 5.97. The zero-order valence-electron chi connectivity index (χ0n) is 17.1. The highest BCUT2D eigenvalue weighted by molar-refractivity contribution is 8.01. The van der Waals surface area contributed by atoms with Crippen molar-refractivity contribution in [3.8, 4) is 0 Å². The number of benzene rings is 2. The van der Waals surface area contributed by atoms with E-state index in [-0.39, 0.29) is 4.90 Å². The molecule has 0 aliphatic rings. The summed E-state index contributed by atoms with van der Waals surface area (Å²) >= 11 is 8.69. The zero-order valence-corrected chi connectivity index (χ0v) is 20.3. The average molecular weight is 497 g/mol. The maximum atomic E-state index is 13.4. The van der Waals surface area contributed by atoms with E-state index in [4.69, 9.17) is 11.6 Å². The molecular formula is C20H21ClN4O3S3. The Balaban J connectivity index is 1.88. The molecule has 164 valence electrons. The molecule has 0 spiro atoms. The molecule has 1 heterocycles. The van der Waals surface area contributed by atoms with Gasteiger partial charge in [-0.3, -0.25) is 14.4 Å². The molecule has 0 aliphatic carbocycles. The van der Waals surface area contributed by atoms with Gasteiger partial charge in [-0.15, -0.1) is 10.2 Å². The summed E-state index contributed by atoms with van der Waals surface area (Å²) in [5, 5.41) is 11.7. The van der Waals surface area contributed by atoms with Crippen LogP contribution in [-0.4, -0.2) is 36.3 Å². The fourth-order valence-electron chi connectivity index (χ4n) is 2.68. The first-order valence-electron chi connectivity index (χ1n) is 9.31. The quantitative estimate of drug-likeness (QED) is 0.354. The van der Waals surface area contributed by atoms with E-state index in [9.17, 15) is 13.2 Å². The number of carbonyl (C=O) groups is 1. The van der Waals surface area contributed by atoms with Crippen molar-refractivity contribution < 1.29 is 13.2 Å². The van der Waals surface area contributed by atoms with Crippen molar-refractivity contribution in [2.75, 3.05) is 16.2 Å². The van der Waals surface area contributed by atoms with Crippen molar-refractivity contribution >= 4 is 61.4 Å². The smallest absolute Gasteiger partial charge is 0.264 e. The van der Waals surface area contributed by atoms with Crippen LogP contribution in [0.25, 0.3) is 0 Å². The molecule has 7 nitrogen and oxygen atoms in total. The fourth-order valence-corrected chi connectivity index (χ4v) is 6.28. The number of rotatable bonds is 8. The number of sulfonamides is 1. The lowest BCUT2D eigenvalue weighted by Gasteiger charge is -2.25. The Bertz CT molecular complexity index is 1160. The van der Waals surface area contributed by atoms with Gasteiger partial charge < -0.3 is 0 Å². The number of carbonyl (C=O) groups excluding carboxylic acids is 1. The number of para-hydroxylation sites is 1. The van der Waals surface area contributed by atoms with E-state index in [0.29, 0.717) is 21.1 Å². The van der Waals surface area contributed by atoms with Gasteiger partial charge >= 0.3 is 0 Å². The van der Waals surface area contributed by atoms with Gasteiger partial charge in [0, 0.05) is 10.3 Å². The lowest BCUT2D eigenvalue weighted by atomic mass is 10.2. The van der Waals surface area contributed by atoms with E-state index in [2.05, 4.69) is 15.5 Å². The highest BCUT2D eigenvalue weighted by Crippen LogP contribution is 2.30. The van der Waals surface area contributed by atoms with Crippen molar-refractivity contribution in [3.05, 3.63) is 59.1 Å². The van der Waals surface area contributed by atoms with E-state index in [0.717, 1.165) is 14.2 Å². The molecule has 0 aliphatic heterocycles. The minimum Gasteiger partial charge on any atom is -0.299 e. The highest BCUT2D eigenvalue weighted by atomic mass is 35.5. The molecule has 3 aromatic rings. The molecule has 0 unspecified atom stereocenters. The molecule has 1 N–H and O–H groups in total. The summed E-state index contributed by atoms with van der Waals surface area (Å²) in [6.07, 6.45) is 0. The van der Waals surface area contributed by atoms with Crippen molar-refractivity contribution in [1.29, 1.82) is 0 Å². The molecule has 2 aromatic carbocycles. The number of hydrogen-bond acceptors (Lipinski definition) is 7. The van der Waals surface area contributed by atoms with Gasteiger partial charge in [-0.05, 0) is 42.8 Å². The van der Waals surface area contributed by atoms with Gasteiger partial charge in [0.1, 0.15) is 6.54 Å².